The number of allylic oxidation sites excluding steroid dienone is 1. The molecule has 0 aliphatic heterocycles. The van der Waals surface area contributed by atoms with Crippen LogP contribution in [0.3, 0.4) is 0 Å². The highest BCUT2D eigenvalue weighted by Gasteiger charge is 2.05. The molecule has 3 nitrogen and oxygen atoms in total. The van der Waals surface area contributed by atoms with E-state index in [2.05, 4.69) is 0 Å². The molecule has 0 aliphatic rings. The summed E-state index contributed by atoms with van der Waals surface area (Å²) in [6, 6.07) is 6.75. The number of phenolic OH excluding ortho intramolecular Hbond substituents is 1. The van der Waals surface area contributed by atoms with Crippen molar-refractivity contribution in [3.8, 4) is 11.8 Å². The standard InChI is InChI=1S/C12H11NO2/c1-9(14)11-8-10(4-2-3-7-13)5-6-12(11)15/h2,4-6,8,15H,3H2,1H3. The van der Waals surface area contributed by atoms with Gasteiger partial charge in [-0.1, -0.05) is 18.2 Å². The van der Waals surface area contributed by atoms with Gasteiger partial charge in [0.1, 0.15) is 5.75 Å². The normalized spacial score (nSPS) is 10.1. The van der Waals surface area contributed by atoms with E-state index in [-0.39, 0.29) is 11.5 Å². The number of ketones is 1. The molecule has 0 saturated heterocycles. The maximum atomic E-state index is 11.1. The summed E-state index contributed by atoms with van der Waals surface area (Å²) in [4.78, 5) is 11.1. The van der Waals surface area contributed by atoms with Gasteiger partial charge in [-0.15, -0.1) is 0 Å². The zero-order valence-corrected chi connectivity index (χ0v) is 8.40. The molecular formula is C12H11NO2. The largest absolute Gasteiger partial charge is 0.507 e. The Labute approximate surface area is 88.3 Å². The van der Waals surface area contributed by atoms with E-state index < -0.39 is 0 Å². The van der Waals surface area contributed by atoms with Crippen LogP contribution in [0.25, 0.3) is 6.08 Å². The summed E-state index contributed by atoms with van der Waals surface area (Å²) in [5.74, 6) is -0.192. The number of hydrogen-bond acceptors (Lipinski definition) is 3. The van der Waals surface area contributed by atoms with E-state index in [1.54, 1.807) is 24.3 Å². The molecule has 0 spiro atoms. The van der Waals surface area contributed by atoms with Crippen LogP contribution in [-0.2, 0) is 0 Å². The van der Waals surface area contributed by atoms with Crippen molar-refractivity contribution in [1.29, 1.82) is 5.26 Å². The maximum absolute atomic E-state index is 11.1. The molecule has 0 saturated carbocycles. The minimum absolute atomic E-state index is 0.0140. The molecule has 0 bridgehead atoms. The van der Waals surface area contributed by atoms with Gasteiger partial charge in [0.15, 0.2) is 5.78 Å². The highest BCUT2D eigenvalue weighted by Crippen LogP contribution is 2.19. The minimum atomic E-state index is -0.178. The average Bonchev–Trinajstić information content (AvgIpc) is 2.20. The lowest BCUT2D eigenvalue weighted by Gasteiger charge is -2.01. The molecule has 0 unspecified atom stereocenters. The Hall–Kier alpha value is -2.08. The van der Waals surface area contributed by atoms with Crippen molar-refractivity contribution in [3.63, 3.8) is 0 Å². The van der Waals surface area contributed by atoms with Gasteiger partial charge >= 0.3 is 0 Å². The highest BCUT2D eigenvalue weighted by molar-refractivity contribution is 5.97. The summed E-state index contributed by atoms with van der Waals surface area (Å²) in [6.45, 7) is 1.40. The highest BCUT2D eigenvalue weighted by atomic mass is 16.3. The molecule has 0 amide bonds. The first kappa shape index (κ1) is 11.0. The van der Waals surface area contributed by atoms with Crippen molar-refractivity contribution in [2.24, 2.45) is 0 Å². The van der Waals surface area contributed by atoms with Crippen LogP contribution in [-0.4, -0.2) is 10.9 Å². The van der Waals surface area contributed by atoms with Crippen LogP contribution in [0.15, 0.2) is 24.3 Å². The molecule has 0 atom stereocenters. The van der Waals surface area contributed by atoms with E-state index in [4.69, 9.17) is 5.26 Å². The number of nitrogens with zero attached hydrogens (tertiary/aromatic N) is 1. The maximum Gasteiger partial charge on any atom is 0.163 e. The van der Waals surface area contributed by atoms with E-state index in [0.717, 1.165) is 5.56 Å². The van der Waals surface area contributed by atoms with Gasteiger partial charge in [-0.05, 0) is 24.6 Å². The Bertz CT molecular complexity index is 441. The van der Waals surface area contributed by atoms with Gasteiger partial charge in [0.05, 0.1) is 18.1 Å². The van der Waals surface area contributed by atoms with Crippen LogP contribution in [0, 0.1) is 11.3 Å². The summed E-state index contributed by atoms with van der Waals surface area (Å²) in [7, 11) is 0. The van der Waals surface area contributed by atoms with Crippen molar-refractivity contribution in [3.05, 3.63) is 35.4 Å². The van der Waals surface area contributed by atoms with Crippen molar-refractivity contribution >= 4 is 11.9 Å². The smallest absolute Gasteiger partial charge is 0.163 e. The minimum Gasteiger partial charge on any atom is -0.507 e. The molecule has 0 radical (unpaired) electrons. The van der Waals surface area contributed by atoms with Crippen LogP contribution in [0.5, 0.6) is 5.75 Å². The van der Waals surface area contributed by atoms with Crippen molar-refractivity contribution in [2.75, 3.05) is 0 Å². The Morgan fingerprint density at radius 1 is 1.60 bits per heavy atom. The quantitative estimate of drug-likeness (QED) is 0.764. The molecule has 1 aromatic carbocycles. The van der Waals surface area contributed by atoms with Gasteiger partial charge in [-0.25, -0.2) is 0 Å². The average molecular weight is 201 g/mol. The monoisotopic (exact) mass is 201 g/mol. The van der Waals surface area contributed by atoms with Crippen molar-refractivity contribution in [1.82, 2.24) is 0 Å². The van der Waals surface area contributed by atoms with E-state index in [1.807, 2.05) is 6.07 Å². The second-order valence-electron chi connectivity index (χ2n) is 3.10. The molecular weight excluding hydrogens is 190 g/mol. The van der Waals surface area contributed by atoms with Crippen LogP contribution in [0.1, 0.15) is 29.3 Å². The molecule has 1 rings (SSSR count). The molecule has 76 valence electrons. The third-order valence-corrected chi connectivity index (χ3v) is 1.92. The van der Waals surface area contributed by atoms with E-state index in [0.29, 0.717) is 12.0 Å². The summed E-state index contributed by atoms with van der Waals surface area (Å²) in [5.41, 5.74) is 1.10. The number of nitriles is 1. The number of phenols is 1. The van der Waals surface area contributed by atoms with Crippen molar-refractivity contribution in [2.45, 2.75) is 13.3 Å². The summed E-state index contributed by atoms with van der Waals surface area (Å²) >= 11 is 0. The lowest BCUT2D eigenvalue weighted by Crippen LogP contribution is -1.92. The van der Waals surface area contributed by atoms with Gasteiger partial charge in [0.2, 0.25) is 0 Å². The molecule has 0 heterocycles. The number of aromatic hydroxyl groups is 1. The fraction of sp³-hybridized carbons (Fsp3) is 0.167. The van der Waals surface area contributed by atoms with Gasteiger partial charge in [-0.2, -0.15) is 5.26 Å². The first-order valence-electron chi connectivity index (χ1n) is 4.52. The fourth-order valence-electron chi connectivity index (χ4n) is 1.19. The summed E-state index contributed by atoms with van der Waals surface area (Å²) < 4.78 is 0. The zero-order chi connectivity index (χ0) is 11.3. The fourth-order valence-corrected chi connectivity index (χ4v) is 1.19. The third-order valence-electron chi connectivity index (χ3n) is 1.92. The first-order chi connectivity index (χ1) is 7.15. The Morgan fingerprint density at radius 3 is 2.93 bits per heavy atom. The van der Waals surface area contributed by atoms with Crippen LogP contribution >= 0.6 is 0 Å². The lowest BCUT2D eigenvalue weighted by molar-refractivity contribution is 0.101. The molecule has 1 N–H and O–H groups in total. The number of carbonyl (C=O) groups is 1. The number of hydrogen-bond donors (Lipinski definition) is 1. The van der Waals surface area contributed by atoms with E-state index in [1.165, 1.54) is 13.0 Å². The lowest BCUT2D eigenvalue weighted by atomic mass is 10.1. The molecule has 0 aromatic heterocycles. The second kappa shape index (κ2) is 4.97. The van der Waals surface area contributed by atoms with Crippen LogP contribution < -0.4 is 0 Å². The summed E-state index contributed by atoms with van der Waals surface area (Å²) in [6.07, 6.45) is 3.78. The molecule has 3 heteroatoms. The molecule has 0 fully saturated rings. The second-order valence-corrected chi connectivity index (χ2v) is 3.10. The number of rotatable bonds is 3. The first-order valence-corrected chi connectivity index (χ1v) is 4.52. The molecule has 1 aromatic rings. The number of Topliss-reactive ketones (excluding diaryl/α,β-unsaturated/α-hetero) is 1. The van der Waals surface area contributed by atoms with Gasteiger partial charge in [0.25, 0.3) is 0 Å². The van der Waals surface area contributed by atoms with Gasteiger partial charge < -0.3 is 5.11 Å². The Morgan fingerprint density at radius 2 is 2.33 bits per heavy atom. The summed E-state index contributed by atoms with van der Waals surface area (Å²) in [5, 5.41) is 17.7. The molecule has 15 heavy (non-hydrogen) atoms. The Kier molecular flexibility index (Phi) is 3.64. The van der Waals surface area contributed by atoms with Crippen LogP contribution in [0.4, 0.5) is 0 Å². The van der Waals surface area contributed by atoms with Crippen LogP contribution in [0.2, 0.25) is 0 Å². The van der Waals surface area contributed by atoms with E-state index >= 15 is 0 Å². The number of carbonyl (C=O) groups excluding carboxylic acids is 1. The van der Waals surface area contributed by atoms with Gasteiger partial charge in [0, 0.05) is 0 Å². The number of benzene rings is 1. The predicted octanol–water partition coefficient (Wildman–Crippen LogP) is 2.52. The topological polar surface area (TPSA) is 61.1 Å². The van der Waals surface area contributed by atoms with Gasteiger partial charge in [-0.3, -0.25) is 4.79 Å². The zero-order valence-electron chi connectivity index (χ0n) is 8.40. The predicted molar refractivity (Wildman–Crippen MR) is 57.4 cm³/mol. The Balaban J connectivity index is 2.98. The van der Waals surface area contributed by atoms with Crippen molar-refractivity contribution < 1.29 is 9.90 Å². The SMILES string of the molecule is CC(=O)c1cc(C=CCC#N)ccc1O. The van der Waals surface area contributed by atoms with E-state index in [9.17, 15) is 9.90 Å². The molecule has 0 aliphatic carbocycles. The third kappa shape index (κ3) is 2.96.